The molecular weight excluding hydrogens is 325 g/mol. The average Bonchev–Trinajstić information content (AvgIpc) is 3.09. The first-order valence-electron chi connectivity index (χ1n) is 8.07. The van der Waals surface area contributed by atoms with E-state index in [0.29, 0.717) is 5.56 Å². The van der Waals surface area contributed by atoms with Crippen LogP contribution in [0.3, 0.4) is 0 Å². The van der Waals surface area contributed by atoms with E-state index in [1.54, 1.807) is 35.1 Å². The summed E-state index contributed by atoms with van der Waals surface area (Å²) in [6.07, 6.45) is 1.86. The highest BCUT2D eigenvalue weighted by Crippen LogP contribution is 2.14. The molecule has 1 heterocycles. The van der Waals surface area contributed by atoms with Crippen LogP contribution in [0.2, 0.25) is 0 Å². The van der Waals surface area contributed by atoms with Crippen molar-refractivity contribution in [1.82, 2.24) is 15.1 Å². The number of rotatable bonds is 7. The van der Waals surface area contributed by atoms with Crippen LogP contribution in [0.5, 0.6) is 0 Å². The zero-order chi connectivity index (χ0) is 18.4. The molecule has 25 heavy (non-hydrogen) atoms. The summed E-state index contributed by atoms with van der Waals surface area (Å²) in [4.78, 5) is 24.2. The molecule has 0 unspecified atom stereocenters. The molecule has 0 spiro atoms. The van der Waals surface area contributed by atoms with Gasteiger partial charge in [0.25, 0.3) is 5.91 Å². The lowest BCUT2D eigenvalue weighted by Crippen LogP contribution is -2.35. The van der Waals surface area contributed by atoms with Gasteiger partial charge in [-0.3, -0.25) is 14.3 Å². The van der Waals surface area contributed by atoms with Crippen molar-refractivity contribution in [1.29, 1.82) is 0 Å². The van der Waals surface area contributed by atoms with Crippen LogP contribution in [0.15, 0.2) is 36.5 Å². The Labute approximate surface area is 146 Å². The Morgan fingerprint density at radius 2 is 2.00 bits per heavy atom. The fourth-order valence-electron chi connectivity index (χ4n) is 2.39. The monoisotopic (exact) mass is 347 g/mol. The first-order chi connectivity index (χ1) is 11.9. The summed E-state index contributed by atoms with van der Waals surface area (Å²) in [6.45, 7) is 3.95. The second-order valence-electron chi connectivity index (χ2n) is 6.00. The molecule has 0 fully saturated rings. The SMILES string of the molecule is COC(=O)[C@@H](CNC(=O)c1ccn(C(C)C)n1)Cc1ccccc1F. The Bertz CT molecular complexity index is 743. The zero-order valence-electron chi connectivity index (χ0n) is 14.5. The predicted molar refractivity (Wildman–Crippen MR) is 90.6 cm³/mol. The van der Waals surface area contributed by atoms with E-state index in [2.05, 4.69) is 10.4 Å². The summed E-state index contributed by atoms with van der Waals surface area (Å²) >= 11 is 0. The van der Waals surface area contributed by atoms with Crippen molar-refractivity contribution < 1.29 is 18.7 Å². The molecule has 7 heteroatoms. The average molecular weight is 347 g/mol. The molecule has 0 bridgehead atoms. The largest absolute Gasteiger partial charge is 0.469 e. The maximum atomic E-state index is 13.8. The van der Waals surface area contributed by atoms with Crippen molar-refractivity contribution in [3.63, 3.8) is 0 Å². The van der Waals surface area contributed by atoms with Crippen LogP contribution in [0.4, 0.5) is 4.39 Å². The summed E-state index contributed by atoms with van der Waals surface area (Å²) in [6, 6.07) is 7.98. The van der Waals surface area contributed by atoms with E-state index in [-0.39, 0.29) is 30.6 Å². The molecule has 134 valence electrons. The maximum absolute atomic E-state index is 13.8. The number of nitrogens with one attached hydrogen (secondary N) is 1. The van der Waals surface area contributed by atoms with Crippen LogP contribution in [0.25, 0.3) is 0 Å². The van der Waals surface area contributed by atoms with Crippen LogP contribution < -0.4 is 5.32 Å². The van der Waals surface area contributed by atoms with Crippen molar-refractivity contribution in [3.05, 3.63) is 53.6 Å². The molecule has 1 aromatic carbocycles. The molecule has 2 aromatic rings. The third kappa shape index (κ3) is 4.89. The summed E-state index contributed by atoms with van der Waals surface area (Å²) in [5.74, 6) is -1.96. The van der Waals surface area contributed by atoms with E-state index in [4.69, 9.17) is 4.74 Å². The number of amides is 1. The van der Waals surface area contributed by atoms with Crippen LogP contribution in [-0.4, -0.2) is 35.3 Å². The Hall–Kier alpha value is -2.70. The second-order valence-corrected chi connectivity index (χ2v) is 6.00. The van der Waals surface area contributed by atoms with Gasteiger partial charge in [-0.25, -0.2) is 4.39 Å². The number of esters is 1. The van der Waals surface area contributed by atoms with Gasteiger partial charge in [0.1, 0.15) is 11.5 Å². The highest BCUT2D eigenvalue weighted by Gasteiger charge is 2.22. The third-order valence-corrected chi connectivity index (χ3v) is 3.84. The van der Waals surface area contributed by atoms with E-state index in [0.717, 1.165) is 0 Å². The van der Waals surface area contributed by atoms with Crippen LogP contribution in [-0.2, 0) is 16.0 Å². The molecule has 0 radical (unpaired) electrons. The van der Waals surface area contributed by atoms with Crippen LogP contribution in [0.1, 0.15) is 35.9 Å². The van der Waals surface area contributed by atoms with Gasteiger partial charge in [-0.1, -0.05) is 18.2 Å². The minimum atomic E-state index is -0.682. The number of carbonyl (C=O) groups excluding carboxylic acids is 2. The van der Waals surface area contributed by atoms with Crippen molar-refractivity contribution in [2.45, 2.75) is 26.3 Å². The third-order valence-electron chi connectivity index (χ3n) is 3.84. The molecule has 0 saturated carbocycles. The predicted octanol–water partition coefficient (Wildman–Crippen LogP) is 2.36. The first kappa shape index (κ1) is 18.6. The molecule has 2 rings (SSSR count). The van der Waals surface area contributed by atoms with Crippen LogP contribution in [0, 0.1) is 11.7 Å². The molecular formula is C18H22FN3O3. The number of methoxy groups -OCH3 is 1. The minimum absolute atomic E-state index is 0.0361. The van der Waals surface area contributed by atoms with E-state index >= 15 is 0 Å². The number of benzene rings is 1. The summed E-state index contributed by atoms with van der Waals surface area (Å²) in [5.41, 5.74) is 0.666. The van der Waals surface area contributed by atoms with E-state index < -0.39 is 17.7 Å². The molecule has 1 amide bonds. The molecule has 1 atom stereocenters. The van der Waals surface area contributed by atoms with E-state index in [9.17, 15) is 14.0 Å². The smallest absolute Gasteiger partial charge is 0.310 e. The number of carbonyl (C=O) groups is 2. The van der Waals surface area contributed by atoms with Gasteiger partial charge in [0.15, 0.2) is 0 Å². The first-order valence-corrected chi connectivity index (χ1v) is 8.07. The van der Waals surface area contributed by atoms with Gasteiger partial charge in [-0.05, 0) is 38.0 Å². The summed E-state index contributed by atoms with van der Waals surface area (Å²) in [5, 5.41) is 6.85. The number of hydrogen-bond donors (Lipinski definition) is 1. The van der Waals surface area contributed by atoms with Crippen molar-refractivity contribution in [2.24, 2.45) is 5.92 Å². The molecule has 6 nitrogen and oxygen atoms in total. The molecule has 0 aliphatic heterocycles. The van der Waals surface area contributed by atoms with Gasteiger partial charge in [0.05, 0.1) is 13.0 Å². The number of ether oxygens (including phenoxy) is 1. The highest BCUT2D eigenvalue weighted by atomic mass is 19.1. The summed E-state index contributed by atoms with van der Waals surface area (Å²) in [7, 11) is 1.27. The molecule has 0 aliphatic rings. The molecule has 0 aliphatic carbocycles. The number of hydrogen-bond acceptors (Lipinski definition) is 4. The topological polar surface area (TPSA) is 73.2 Å². The normalized spacial score (nSPS) is 12.0. The quantitative estimate of drug-likeness (QED) is 0.781. The van der Waals surface area contributed by atoms with Crippen molar-refractivity contribution in [2.75, 3.05) is 13.7 Å². The molecule has 1 aromatic heterocycles. The van der Waals surface area contributed by atoms with Crippen molar-refractivity contribution in [3.8, 4) is 0 Å². The Balaban J connectivity index is 2.03. The van der Waals surface area contributed by atoms with E-state index in [1.165, 1.54) is 13.2 Å². The minimum Gasteiger partial charge on any atom is -0.469 e. The fourth-order valence-corrected chi connectivity index (χ4v) is 2.39. The van der Waals surface area contributed by atoms with Crippen LogP contribution >= 0.6 is 0 Å². The van der Waals surface area contributed by atoms with Gasteiger partial charge in [0, 0.05) is 18.8 Å². The lowest BCUT2D eigenvalue weighted by Gasteiger charge is -2.15. The van der Waals surface area contributed by atoms with Gasteiger partial charge in [-0.2, -0.15) is 5.10 Å². The van der Waals surface area contributed by atoms with Gasteiger partial charge in [0.2, 0.25) is 0 Å². The maximum Gasteiger partial charge on any atom is 0.310 e. The molecule has 1 N–H and O–H groups in total. The fraction of sp³-hybridized carbons (Fsp3) is 0.389. The lowest BCUT2D eigenvalue weighted by molar-refractivity contribution is -0.145. The number of aromatic nitrogens is 2. The Kier molecular flexibility index (Phi) is 6.27. The Morgan fingerprint density at radius 3 is 2.60 bits per heavy atom. The van der Waals surface area contributed by atoms with Gasteiger partial charge < -0.3 is 10.1 Å². The lowest BCUT2D eigenvalue weighted by atomic mass is 9.99. The summed E-state index contributed by atoms with van der Waals surface area (Å²) < 4.78 is 20.2. The highest BCUT2D eigenvalue weighted by molar-refractivity contribution is 5.92. The Morgan fingerprint density at radius 1 is 1.28 bits per heavy atom. The second kappa shape index (κ2) is 8.41. The number of nitrogens with zero attached hydrogens (tertiary/aromatic N) is 2. The van der Waals surface area contributed by atoms with Gasteiger partial charge >= 0.3 is 5.97 Å². The van der Waals surface area contributed by atoms with Gasteiger partial charge in [-0.15, -0.1) is 0 Å². The molecule has 0 saturated heterocycles. The van der Waals surface area contributed by atoms with E-state index in [1.807, 2.05) is 13.8 Å². The van der Waals surface area contributed by atoms with Crippen molar-refractivity contribution >= 4 is 11.9 Å². The standard InChI is InChI=1S/C18H22FN3O3/c1-12(2)22-9-8-16(21-22)17(23)20-11-14(18(24)25-3)10-13-6-4-5-7-15(13)19/h4-9,12,14H,10-11H2,1-3H3,(H,20,23)/t14-/m1/s1. The number of halogens is 1. The zero-order valence-corrected chi connectivity index (χ0v) is 14.5.